The van der Waals surface area contributed by atoms with Crippen LogP contribution in [0, 0.1) is 0 Å². The Morgan fingerprint density at radius 1 is 1.40 bits per heavy atom. The topological polar surface area (TPSA) is 69.6 Å². The SMILES string of the molecule is CC(=O)NC1CCN(CC(C(=O)O)c2ccccc2)C1. The summed E-state index contributed by atoms with van der Waals surface area (Å²) in [6, 6.07) is 9.42. The average molecular weight is 276 g/mol. The summed E-state index contributed by atoms with van der Waals surface area (Å²) in [5.41, 5.74) is 0.822. The lowest BCUT2D eigenvalue weighted by molar-refractivity contribution is -0.139. The van der Waals surface area contributed by atoms with E-state index in [-0.39, 0.29) is 11.9 Å². The van der Waals surface area contributed by atoms with Gasteiger partial charge in [0.25, 0.3) is 0 Å². The predicted octanol–water partition coefficient (Wildman–Crippen LogP) is 1.07. The van der Waals surface area contributed by atoms with Crippen LogP contribution in [0.15, 0.2) is 30.3 Å². The highest BCUT2D eigenvalue weighted by Crippen LogP contribution is 2.20. The fourth-order valence-corrected chi connectivity index (χ4v) is 2.67. The van der Waals surface area contributed by atoms with E-state index < -0.39 is 11.9 Å². The van der Waals surface area contributed by atoms with Crippen molar-refractivity contribution in [3.05, 3.63) is 35.9 Å². The molecule has 20 heavy (non-hydrogen) atoms. The smallest absolute Gasteiger partial charge is 0.312 e. The quantitative estimate of drug-likeness (QED) is 0.844. The molecule has 1 aliphatic heterocycles. The van der Waals surface area contributed by atoms with E-state index in [1.54, 1.807) is 0 Å². The van der Waals surface area contributed by atoms with E-state index in [0.29, 0.717) is 6.54 Å². The van der Waals surface area contributed by atoms with Gasteiger partial charge in [0.2, 0.25) is 5.91 Å². The summed E-state index contributed by atoms with van der Waals surface area (Å²) < 4.78 is 0. The van der Waals surface area contributed by atoms with Crippen LogP contribution < -0.4 is 5.32 Å². The summed E-state index contributed by atoms with van der Waals surface area (Å²) in [5, 5.41) is 12.3. The molecule has 1 heterocycles. The zero-order valence-electron chi connectivity index (χ0n) is 11.6. The summed E-state index contributed by atoms with van der Waals surface area (Å²) in [5.74, 6) is -1.36. The minimum Gasteiger partial charge on any atom is -0.481 e. The maximum atomic E-state index is 11.5. The molecule has 1 aromatic carbocycles. The van der Waals surface area contributed by atoms with Crippen molar-refractivity contribution in [3.63, 3.8) is 0 Å². The average Bonchev–Trinajstić information content (AvgIpc) is 2.83. The molecule has 1 fully saturated rings. The van der Waals surface area contributed by atoms with Gasteiger partial charge in [-0.05, 0) is 12.0 Å². The van der Waals surface area contributed by atoms with Crippen LogP contribution in [0.5, 0.6) is 0 Å². The molecule has 0 aromatic heterocycles. The molecule has 5 heteroatoms. The third-order valence-electron chi connectivity index (χ3n) is 3.62. The van der Waals surface area contributed by atoms with Crippen molar-refractivity contribution < 1.29 is 14.7 Å². The second-order valence-electron chi connectivity index (χ2n) is 5.25. The van der Waals surface area contributed by atoms with Crippen molar-refractivity contribution >= 4 is 11.9 Å². The lowest BCUT2D eigenvalue weighted by Gasteiger charge is -2.21. The highest BCUT2D eigenvalue weighted by atomic mass is 16.4. The largest absolute Gasteiger partial charge is 0.481 e. The number of nitrogens with zero attached hydrogens (tertiary/aromatic N) is 1. The van der Waals surface area contributed by atoms with E-state index in [4.69, 9.17) is 0 Å². The van der Waals surface area contributed by atoms with Gasteiger partial charge in [0.05, 0.1) is 5.92 Å². The lowest BCUT2D eigenvalue weighted by Crippen LogP contribution is -2.37. The Morgan fingerprint density at radius 3 is 2.70 bits per heavy atom. The highest BCUT2D eigenvalue weighted by Gasteiger charge is 2.28. The minimum atomic E-state index is -0.806. The molecule has 1 saturated heterocycles. The number of carbonyl (C=O) groups is 2. The van der Waals surface area contributed by atoms with E-state index in [1.165, 1.54) is 6.92 Å². The van der Waals surface area contributed by atoms with Gasteiger partial charge < -0.3 is 15.3 Å². The van der Waals surface area contributed by atoms with Gasteiger partial charge >= 0.3 is 5.97 Å². The zero-order valence-corrected chi connectivity index (χ0v) is 11.6. The van der Waals surface area contributed by atoms with E-state index in [0.717, 1.165) is 25.1 Å². The first-order valence-electron chi connectivity index (χ1n) is 6.83. The number of benzene rings is 1. The fourth-order valence-electron chi connectivity index (χ4n) is 2.67. The molecule has 108 valence electrons. The first-order chi connectivity index (χ1) is 9.56. The maximum absolute atomic E-state index is 11.5. The Morgan fingerprint density at radius 2 is 2.10 bits per heavy atom. The third-order valence-corrected chi connectivity index (χ3v) is 3.62. The molecule has 1 amide bonds. The molecule has 0 bridgehead atoms. The molecule has 2 unspecified atom stereocenters. The van der Waals surface area contributed by atoms with E-state index >= 15 is 0 Å². The molecule has 2 rings (SSSR count). The zero-order chi connectivity index (χ0) is 14.5. The number of rotatable bonds is 5. The summed E-state index contributed by atoms with van der Waals surface area (Å²) in [6.07, 6.45) is 0.876. The van der Waals surface area contributed by atoms with Gasteiger partial charge in [-0.3, -0.25) is 9.59 Å². The normalized spacial score (nSPS) is 20.6. The Kier molecular flexibility index (Phi) is 4.74. The Labute approximate surface area is 118 Å². The lowest BCUT2D eigenvalue weighted by atomic mass is 9.99. The summed E-state index contributed by atoms with van der Waals surface area (Å²) in [6.45, 7) is 3.53. The number of aliphatic carboxylic acids is 1. The van der Waals surface area contributed by atoms with Crippen LogP contribution in [0.1, 0.15) is 24.8 Å². The van der Waals surface area contributed by atoms with Crippen molar-refractivity contribution in [2.24, 2.45) is 0 Å². The molecule has 1 aromatic rings. The highest BCUT2D eigenvalue weighted by molar-refractivity contribution is 5.76. The number of hydrogen-bond donors (Lipinski definition) is 2. The van der Waals surface area contributed by atoms with Crippen LogP contribution in [0.25, 0.3) is 0 Å². The van der Waals surface area contributed by atoms with Crippen molar-refractivity contribution in [2.75, 3.05) is 19.6 Å². The minimum absolute atomic E-state index is 0.0327. The standard InChI is InChI=1S/C15H20N2O3/c1-11(18)16-13-7-8-17(9-13)10-14(15(19)20)12-5-3-2-4-6-12/h2-6,13-14H,7-10H2,1H3,(H,16,18)(H,19,20). The van der Waals surface area contributed by atoms with Gasteiger partial charge in [-0.25, -0.2) is 0 Å². The molecule has 0 radical (unpaired) electrons. The van der Waals surface area contributed by atoms with Crippen LogP contribution in [-0.2, 0) is 9.59 Å². The number of carboxylic acids is 1. The molecule has 0 aliphatic carbocycles. The molecule has 0 spiro atoms. The Bertz CT molecular complexity index is 475. The summed E-state index contributed by atoms with van der Waals surface area (Å²) in [4.78, 5) is 24.6. The van der Waals surface area contributed by atoms with Crippen molar-refractivity contribution in [1.29, 1.82) is 0 Å². The van der Waals surface area contributed by atoms with Gasteiger partial charge in [-0.1, -0.05) is 30.3 Å². The fraction of sp³-hybridized carbons (Fsp3) is 0.467. The number of amides is 1. The number of carboxylic acid groups (broad SMARTS) is 1. The molecule has 5 nitrogen and oxygen atoms in total. The second kappa shape index (κ2) is 6.52. The maximum Gasteiger partial charge on any atom is 0.312 e. The molecular formula is C15H20N2O3. The molecule has 1 aliphatic rings. The van der Waals surface area contributed by atoms with Crippen LogP contribution >= 0.6 is 0 Å². The van der Waals surface area contributed by atoms with Gasteiger partial charge in [-0.15, -0.1) is 0 Å². The number of likely N-dealkylation sites (tertiary alicyclic amines) is 1. The van der Waals surface area contributed by atoms with E-state index in [9.17, 15) is 14.7 Å². The number of nitrogens with one attached hydrogen (secondary N) is 1. The second-order valence-corrected chi connectivity index (χ2v) is 5.25. The van der Waals surface area contributed by atoms with Crippen molar-refractivity contribution in [2.45, 2.75) is 25.3 Å². The van der Waals surface area contributed by atoms with E-state index in [1.807, 2.05) is 30.3 Å². The summed E-state index contributed by atoms with van der Waals surface area (Å²) in [7, 11) is 0. The molecular weight excluding hydrogens is 256 g/mol. The van der Waals surface area contributed by atoms with Crippen molar-refractivity contribution in [3.8, 4) is 0 Å². The van der Waals surface area contributed by atoms with Crippen LogP contribution in [-0.4, -0.2) is 47.6 Å². The number of hydrogen-bond acceptors (Lipinski definition) is 3. The molecule has 0 saturated carbocycles. The molecule has 2 atom stereocenters. The van der Waals surface area contributed by atoms with Gasteiger partial charge in [0.15, 0.2) is 0 Å². The van der Waals surface area contributed by atoms with Gasteiger partial charge in [0, 0.05) is 32.6 Å². The van der Waals surface area contributed by atoms with E-state index in [2.05, 4.69) is 10.2 Å². The van der Waals surface area contributed by atoms with Crippen LogP contribution in [0.3, 0.4) is 0 Å². The summed E-state index contributed by atoms with van der Waals surface area (Å²) >= 11 is 0. The first-order valence-corrected chi connectivity index (χ1v) is 6.83. The monoisotopic (exact) mass is 276 g/mol. The third kappa shape index (κ3) is 3.81. The Hall–Kier alpha value is -1.88. The predicted molar refractivity (Wildman–Crippen MR) is 75.5 cm³/mol. The first kappa shape index (κ1) is 14.5. The Balaban J connectivity index is 1.97. The van der Waals surface area contributed by atoms with Gasteiger partial charge in [-0.2, -0.15) is 0 Å². The number of carbonyl (C=O) groups excluding carboxylic acids is 1. The molecule has 2 N–H and O–H groups in total. The van der Waals surface area contributed by atoms with Gasteiger partial charge in [0.1, 0.15) is 0 Å². The van der Waals surface area contributed by atoms with Crippen LogP contribution in [0.2, 0.25) is 0 Å². The van der Waals surface area contributed by atoms with Crippen molar-refractivity contribution in [1.82, 2.24) is 10.2 Å². The van der Waals surface area contributed by atoms with Crippen LogP contribution in [0.4, 0.5) is 0 Å².